The Morgan fingerprint density at radius 3 is 2.57 bits per heavy atom. The second kappa shape index (κ2) is 7.51. The minimum absolute atomic E-state index is 0.0168. The van der Waals surface area contributed by atoms with Crippen molar-refractivity contribution in [1.82, 2.24) is 15.1 Å². The zero-order chi connectivity index (χ0) is 15.2. The molecule has 1 atom stereocenters. The zero-order valence-electron chi connectivity index (χ0n) is 12.3. The van der Waals surface area contributed by atoms with Gasteiger partial charge in [0.25, 0.3) is 0 Å². The van der Waals surface area contributed by atoms with Crippen LogP contribution in [0.1, 0.15) is 32.1 Å². The molecule has 1 unspecified atom stereocenters. The minimum Gasteiger partial charge on any atom is -0.333 e. The van der Waals surface area contributed by atoms with Crippen LogP contribution >= 0.6 is 0 Å². The predicted octanol–water partition coefficient (Wildman–Crippen LogP) is -0.935. The van der Waals surface area contributed by atoms with Crippen molar-refractivity contribution in [3.8, 4) is 0 Å². The van der Waals surface area contributed by atoms with Gasteiger partial charge in [-0.2, -0.15) is 0 Å². The summed E-state index contributed by atoms with van der Waals surface area (Å²) in [6, 6.07) is 0.222. The summed E-state index contributed by atoms with van der Waals surface area (Å²) in [6.07, 6.45) is 4.47. The van der Waals surface area contributed by atoms with Gasteiger partial charge in [-0.15, -0.1) is 0 Å². The fourth-order valence-corrected chi connectivity index (χ4v) is 3.00. The first-order valence-electron chi connectivity index (χ1n) is 7.64. The largest absolute Gasteiger partial charge is 0.333 e. The van der Waals surface area contributed by atoms with E-state index in [9.17, 15) is 14.4 Å². The van der Waals surface area contributed by atoms with Crippen molar-refractivity contribution in [2.45, 2.75) is 38.1 Å². The predicted molar refractivity (Wildman–Crippen MR) is 77.2 cm³/mol. The second-order valence-electron chi connectivity index (χ2n) is 5.75. The summed E-state index contributed by atoms with van der Waals surface area (Å²) in [7, 11) is 0. The molecule has 0 aromatic rings. The molecular formula is C14H24N4O3. The molecule has 0 radical (unpaired) electrons. The van der Waals surface area contributed by atoms with E-state index in [0.29, 0.717) is 19.5 Å². The number of carbonyl (C=O) groups excluding carboxylic acids is 3. The molecule has 2 rings (SSSR count). The maximum atomic E-state index is 11.9. The molecular weight excluding hydrogens is 272 g/mol. The number of nitrogens with zero attached hydrogens (tertiary/aromatic N) is 2. The molecule has 2 aliphatic heterocycles. The third-order valence-corrected chi connectivity index (χ3v) is 4.15. The molecule has 0 bridgehead atoms. The van der Waals surface area contributed by atoms with E-state index in [-0.39, 0.29) is 30.9 Å². The molecule has 0 aromatic carbocycles. The Morgan fingerprint density at radius 1 is 1.14 bits per heavy atom. The van der Waals surface area contributed by atoms with Crippen LogP contribution in [0.15, 0.2) is 0 Å². The van der Waals surface area contributed by atoms with E-state index < -0.39 is 5.91 Å². The van der Waals surface area contributed by atoms with Gasteiger partial charge in [-0.3, -0.25) is 24.6 Å². The number of nitrogens with two attached hydrogens (primary N) is 1. The van der Waals surface area contributed by atoms with Gasteiger partial charge in [0.1, 0.15) is 0 Å². The standard InChI is InChI=1S/C14H24N4O3/c15-8-11-4-1-2-6-17(11)9-12(19)16-13(20)10-18-7-3-5-14(18)21/h11H,1-10,15H2,(H,16,19,20). The van der Waals surface area contributed by atoms with Crippen molar-refractivity contribution < 1.29 is 14.4 Å². The Kier molecular flexibility index (Phi) is 5.69. The molecule has 118 valence electrons. The van der Waals surface area contributed by atoms with Crippen LogP contribution < -0.4 is 11.1 Å². The van der Waals surface area contributed by atoms with Gasteiger partial charge in [-0.25, -0.2) is 0 Å². The Morgan fingerprint density at radius 2 is 1.90 bits per heavy atom. The number of hydrogen-bond donors (Lipinski definition) is 2. The van der Waals surface area contributed by atoms with Gasteiger partial charge in [-0.05, 0) is 25.8 Å². The van der Waals surface area contributed by atoms with Gasteiger partial charge < -0.3 is 10.6 Å². The fraction of sp³-hybridized carbons (Fsp3) is 0.786. The molecule has 0 saturated carbocycles. The highest BCUT2D eigenvalue weighted by molar-refractivity contribution is 5.98. The first-order valence-corrected chi connectivity index (χ1v) is 7.64. The van der Waals surface area contributed by atoms with E-state index in [0.717, 1.165) is 32.2 Å². The van der Waals surface area contributed by atoms with Crippen molar-refractivity contribution in [2.75, 3.05) is 32.7 Å². The van der Waals surface area contributed by atoms with Crippen LogP contribution in [0.25, 0.3) is 0 Å². The topological polar surface area (TPSA) is 95.7 Å². The normalized spacial score (nSPS) is 23.4. The molecule has 21 heavy (non-hydrogen) atoms. The Balaban J connectivity index is 1.75. The maximum absolute atomic E-state index is 11.9. The lowest BCUT2D eigenvalue weighted by Gasteiger charge is -2.34. The first-order chi connectivity index (χ1) is 10.1. The van der Waals surface area contributed by atoms with Crippen molar-refractivity contribution in [3.63, 3.8) is 0 Å². The molecule has 0 spiro atoms. The van der Waals surface area contributed by atoms with E-state index in [1.54, 1.807) is 0 Å². The molecule has 0 aliphatic carbocycles. The Bertz CT molecular complexity index is 413. The summed E-state index contributed by atoms with van der Waals surface area (Å²) in [5.74, 6) is -0.736. The monoisotopic (exact) mass is 296 g/mol. The summed E-state index contributed by atoms with van der Waals surface area (Å²) >= 11 is 0. The summed E-state index contributed by atoms with van der Waals surface area (Å²) in [5.41, 5.74) is 5.71. The quantitative estimate of drug-likeness (QED) is 0.683. The molecule has 2 aliphatic rings. The van der Waals surface area contributed by atoms with E-state index >= 15 is 0 Å². The molecule has 0 aromatic heterocycles. The Labute approximate surface area is 124 Å². The van der Waals surface area contributed by atoms with Crippen LogP contribution in [0.2, 0.25) is 0 Å². The zero-order valence-corrected chi connectivity index (χ0v) is 12.3. The van der Waals surface area contributed by atoms with Gasteiger partial charge >= 0.3 is 0 Å². The highest BCUT2D eigenvalue weighted by atomic mass is 16.2. The van der Waals surface area contributed by atoms with E-state index in [1.165, 1.54) is 4.90 Å². The summed E-state index contributed by atoms with van der Waals surface area (Å²) in [5, 5.41) is 2.37. The van der Waals surface area contributed by atoms with Gasteiger partial charge in [0, 0.05) is 25.6 Å². The molecule has 2 fully saturated rings. The first kappa shape index (κ1) is 15.9. The summed E-state index contributed by atoms with van der Waals surface area (Å²) < 4.78 is 0. The van der Waals surface area contributed by atoms with Crippen LogP contribution in [0, 0.1) is 0 Å². The van der Waals surface area contributed by atoms with Crippen LogP contribution in [0.4, 0.5) is 0 Å². The Hall–Kier alpha value is -1.47. The van der Waals surface area contributed by atoms with Crippen molar-refractivity contribution >= 4 is 17.7 Å². The number of likely N-dealkylation sites (tertiary alicyclic amines) is 2. The van der Waals surface area contributed by atoms with Gasteiger partial charge in [0.2, 0.25) is 17.7 Å². The number of imide groups is 1. The number of rotatable bonds is 5. The summed E-state index contributed by atoms with van der Waals surface area (Å²) in [6.45, 7) is 2.14. The lowest BCUT2D eigenvalue weighted by Crippen LogP contribution is -2.50. The number of nitrogens with one attached hydrogen (secondary N) is 1. The SMILES string of the molecule is NCC1CCCCN1CC(=O)NC(=O)CN1CCCC1=O. The molecule has 2 heterocycles. The fourth-order valence-electron chi connectivity index (χ4n) is 3.00. The van der Waals surface area contributed by atoms with Gasteiger partial charge in [-0.1, -0.05) is 6.42 Å². The molecule has 3 N–H and O–H groups in total. The number of hydrogen-bond acceptors (Lipinski definition) is 5. The smallest absolute Gasteiger partial charge is 0.246 e. The van der Waals surface area contributed by atoms with E-state index in [2.05, 4.69) is 5.32 Å². The van der Waals surface area contributed by atoms with E-state index in [1.807, 2.05) is 4.90 Å². The van der Waals surface area contributed by atoms with Crippen LogP contribution in [0.3, 0.4) is 0 Å². The molecule has 7 nitrogen and oxygen atoms in total. The van der Waals surface area contributed by atoms with E-state index in [4.69, 9.17) is 5.73 Å². The van der Waals surface area contributed by atoms with Crippen LogP contribution in [-0.4, -0.2) is 66.3 Å². The van der Waals surface area contributed by atoms with Crippen molar-refractivity contribution in [1.29, 1.82) is 0 Å². The molecule has 2 saturated heterocycles. The lowest BCUT2D eigenvalue weighted by atomic mass is 10.0. The third-order valence-electron chi connectivity index (χ3n) is 4.15. The van der Waals surface area contributed by atoms with Gasteiger partial charge in [0.05, 0.1) is 13.1 Å². The molecule has 3 amide bonds. The van der Waals surface area contributed by atoms with Crippen LogP contribution in [-0.2, 0) is 14.4 Å². The number of piperidine rings is 1. The third kappa shape index (κ3) is 4.50. The van der Waals surface area contributed by atoms with Crippen molar-refractivity contribution in [2.24, 2.45) is 5.73 Å². The maximum Gasteiger partial charge on any atom is 0.246 e. The minimum atomic E-state index is -0.406. The summed E-state index contributed by atoms with van der Waals surface area (Å²) in [4.78, 5) is 38.7. The number of carbonyl (C=O) groups is 3. The lowest BCUT2D eigenvalue weighted by molar-refractivity contribution is -0.136. The van der Waals surface area contributed by atoms with Crippen LogP contribution in [0.5, 0.6) is 0 Å². The number of amides is 3. The average Bonchev–Trinajstić information content (AvgIpc) is 2.84. The van der Waals surface area contributed by atoms with Crippen molar-refractivity contribution in [3.05, 3.63) is 0 Å². The highest BCUT2D eigenvalue weighted by Gasteiger charge is 2.25. The highest BCUT2D eigenvalue weighted by Crippen LogP contribution is 2.15. The van der Waals surface area contributed by atoms with Gasteiger partial charge in [0.15, 0.2) is 0 Å². The second-order valence-corrected chi connectivity index (χ2v) is 5.75. The average molecular weight is 296 g/mol. The molecule has 7 heteroatoms.